The lowest BCUT2D eigenvalue weighted by Crippen LogP contribution is -2.32. The van der Waals surface area contributed by atoms with E-state index < -0.39 is 10.0 Å². The molecule has 0 aliphatic carbocycles. The minimum absolute atomic E-state index is 0.285. The SMILES string of the molecule is O=S(=O)(NCCNCCSc1ccc(Br)cc1)c1cccc2cnccc12. The van der Waals surface area contributed by atoms with Crippen LogP contribution in [0.2, 0.25) is 0 Å². The summed E-state index contributed by atoms with van der Waals surface area (Å²) in [5, 5.41) is 4.75. The van der Waals surface area contributed by atoms with E-state index in [2.05, 4.69) is 43.1 Å². The maximum Gasteiger partial charge on any atom is 0.241 e. The molecule has 0 unspecified atom stereocenters. The molecule has 1 heterocycles. The van der Waals surface area contributed by atoms with Crippen LogP contribution >= 0.6 is 27.7 Å². The van der Waals surface area contributed by atoms with Gasteiger partial charge in [0, 0.05) is 57.9 Å². The van der Waals surface area contributed by atoms with E-state index in [-0.39, 0.29) is 4.90 Å². The molecule has 0 amide bonds. The average Bonchev–Trinajstić information content (AvgIpc) is 2.68. The Morgan fingerprint density at radius 2 is 1.81 bits per heavy atom. The normalized spacial score (nSPS) is 11.7. The lowest BCUT2D eigenvalue weighted by atomic mass is 10.2. The number of hydrogen-bond acceptors (Lipinski definition) is 5. The van der Waals surface area contributed by atoms with Crippen LogP contribution in [0.25, 0.3) is 10.8 Å². The van der Waals surface area contributed by atoms with Crippen molar-refractivity contribution in [2.24, 2.45) is 0 Å². The third-order valence-corrected chi connectivity index (χ3v) is 6.95. The van der Waals surface area contributed by atoms with E-state index >= 15 is 0 Å². The van der Waals surface area contributed by atoms with Crippen LogP contribution in [0.5, 0.6) is 0 Å². The first kappa shape index (κ1) is 20.3. The van der Waals surface area contributed by atoms with Crippen molar-refractivity contribution >= 4 is 48.5 Å². The zero-order chi connectivity index (χ0) is 19.1. The highest BCUT2D eigenvalue weighted by atomic mass is 79.9. The predicted molar refractivity (Wildman–Crippen MR) is 115 cm³/mol. The van der Waals surface area contributed by atoms with Gasteiger partial charge in [-0.1, -0.05) is 28.1 Å². The summed E-state index contributed by atoms with van der Waals surface area (Å²) >= 11 is 5.18. The van der Waals surface area contributed by atoms with E-state index in [1.54, 1.807) is 42.4 Å². The molecule has 1 aromatic heterocycles. The molecule has 0 atom stereocenters. The quantitative estimate of drug-likeness (QED) is 0.372. The highest BCUT2D eigenvalue weighted by molar-refractivity contribution is 9.10. The van der Waals surface area contributed by atoms with Crippen molar-refractivity contribution in [2.75, 3.05) is 25.4 Å². The number of benzene rings is 2. The van der Waals surface area contributed by atoms with Gasteiger partial charge >= 0.3 is 0 Å². The number of sulfonamides is 1. The van der Waals surface area contributed by atoms with Crippen LogP contribution in [-0.2, 0) is 10.0 Å². The predicted octanol–water partition coefficient (Wildman–Crippen LogP) is 3.66. The van der Waals surface area contributed by atoms with Crippen molar-refractivity contribution in [1.29, 1.82) is 0 Å². The number of rotatable bonds is 9. The topological polar surface area (TPSA) is 71.1 Å². The smallest absolute Gasteiger partial charge is 0.241 e. The number of hydrogen-bond donors (Lipinski definition) is 2. The van der Waals surface area contributed by atoms with Gasteiger partial charge in [0.2, 0.25) is 10.0 Å². The van der Waals surface area contributed by atoms with Crippen LogP contribution in [-0.4, -0.2) is 38.8 Å². The van der Waals surface area contributed by atoms with Gasteiger partial charge in [0.15, 0.2) is 0 Å². The van der Waals surface area contributed by atoms with E-state index in [9.17, 15) is 8.42 Å². The molecule has 0 aliphatic rings. The average molecular weight is 466 g/mol. The number of pyridine rings is 1. The maximum atomic E-state index is 12.6. The molecule has 0 radical (unpaired) electrons. The second-order valence-corrected chi connectivity index (χ2v) is 9.62. The lowest BCUT2D eigenvalue weighted by molar-refractivity contribution is 0.578. The number of thioether (sulfide) groups is 1. The van der Waals surface area contributed by atoms with Crippen LogP contribution in [0.4, 0.5) is 0 Å². The van der Waals surface area contributed by atoms with Crippen LogP contribution in [0.15, 0.2) is 75.2 Å². The summed E-state index contributed by atoms with van der Waals surface area (Å²) < 4.78 is 28.9. The van der Waals surface area contributed by atoms with Crippen molar-refractivity contribution in [3.8, 4) is 0 Å². The van der Waals surface area contributed by atoms with Crippen molar-refractivity contribution in [3.63, 3.8) is 0 Å². The lowest BCUT2D eigenvalue weighted by Gasteiger charge is -2.10. The van der Waals surface area contributed by atoms with Crippen LogP contribution in [0, 0.1) is 0 Å². The molecular formula is C19H20BrN3O2S2. The van der Waals surface area contributed by atoms with Gasteiger partial charge < -0.3 is 5.32 Å². The van der Waals surface area contributed by atoms with E-state index in [0.717, 1.165) is 22.2 Å². The van der Waals surface area contributed by atoms with Gasteiger partial charge in [0.25, 0.3) is 0 Å². The number of nitrogens with zero attached hydrogens (tertiary/aromatic N) is 1. The molecule has 0 saturated heterocycles. The summed E-state index contributed by atoms with van der Waals surface area (Å²) in [4.78, 5) is 5.54. The fourth-order valence-electron chi connectivity index (χ4n) is 2.58. The third-order valence-electron chi connectivity index (χ3n) is 3.89. The molecule has 0 spiro atoms. The second-order valence-electron chi connectivity index (χ2n) is 5.80. The molecule has 0 saturated carbocycles. The molecule has 5 nitrogen and oxygen atoms in total. The van der Waals surface area contributed by atoms with Gasteiger partial charge in [-0.25, -0.2) is 13.1 Å². The molecule has 3 rings (SSSR count). The summed E-state index contributed by atoms with van der Waals surface area (Å²) in [6.07, 6.45) is 3.27. The minimum atomic E-state index is -3.55. The number of nitrogens with one attached hydrogen (secondary N) is 2. The van der Waals surface area contributed by atoms with Crippen molar-refractivity contribution in [2.45, 2.75) is 9.79 Å². The first-order chi connectivity index (χ1) is 13.1. The second kappa shape index (κ2) is 9.66. The Labute approximate surface area is 172 Å². The Morgan fingerprint density at radius 3 is 2.63 bits per heavy atom. The van der Waals surface area contributed by atoms with Crippen molar-refractivity contribution in [3.05, 3.63) is 65.4 Å². The Bertz CT molecular complexity index is 990. The Morgan fingerprint density at radius 1 is 1.00 bits per heavy atom. The van der Waals surface area contributed by atoms with Gasteiger partial charge in [-0.2, -0.15) is 0 Å². The summed E-state index contributed by atoms with van der Waals surface area (Å²) in [6, 6.07) is 15.1. The molecule has 0 bridgehead atoms. The molecule has 27 heavy (non-hydrogen) atoms. The zero-order valence-electron chi connectivity index (χ0n) is 14.6. The van der Waals surface area contributed by atoms with Gasteiger partial charge in [-0.3, -0.25) is 4.98 Å². The van der Waals surface area contributed by atoms with E-state index in [0.29, 0.717) is 18.5 Å². The molecule has 2 N–H and O–H groups in total. The molecular weight excluding hydrogens is 446 g/mol. The molecule has 8 heteroatoms. The molecule has 0 fully saturated rings. The Balaban J connectivity index is 1.43. The van der Waals surface area contributed by atoms with Gasteiger partial charge in [-0.05, 0) is 36.4 Å². The Hall–Kier alpha value is -1.45. The largest absolute Gasteiger partial charge is 0.315 e. The highest BCUT2D eigenvalue weighted by Crippen LogP contribution is 2.22. The fourth-order valence-corrected chi connectivity index (χ4v) is 4.91. The summed E-state index contributed by atoms with van der Waals surface area (Å²) in [5.41, 5.74) is 0. The molecule has 3 aromatic rings. The summed E-state index contributed by atoms with van der Waals surface area (Å²) in [5.74, 6) is 0.921. The number of halogens is 1. The molecule has 0 aliphatic heterocycles. The van der Waals surface area contributed by atoms with E-state index in [1.807, 2.05) is 18.2 Å². The highest BCUT2D eigenvalue weighted by Gasteiger charge is 2.16. The standard InChI is InChI=1S/C19H20BrN3O2S2/c20-16-4-6-17(7-5-16)26-13-12-21-10-11-23-27(24,25)19-3-1-2-15-14-22-9-8-18(15)19/h1-9,14,21,23H,10-13H2. The molecule has 142 valence electrons. The Kier molecular flexibility index (Phi) is 7.26. The third kappa shape index (κ3) is 5.76. The van der Waals surface area contributed by atoms with Gasteiger partial charge in [-0.15, -0.1) is 11.8 Å². The van der Waals surface area contributed by atoms with Gasteiger partial charge in [0.05, 0.1) is 4.90 Å². The number of fused-ring (bicyclic) bond motifs is 1. The van der Waals surface area contributed by atoms with E-state index in [1.165, 1.54) is 4.90 Å². The first-order valence-corrected chi connectivity index (χ1v) is 11.7. The summed E-state index contributed by atoms with van der Waals surface area (Å²) in [7, 11) is -3.55. The van der Waals surface area contributed by atoms with E-state index in [4.69, 9.17) is 0 Å². The molecule has 2 aromatic carbocycles. The summed E-state index contributed by atoms with van der Waals surface area (Å²) in [6.45, 7) is 1.72. The minimum Gasteiger partial charge on any atom is -0.315 e. The van der Waals surface area contributed by atoms with Gasteiger partial charge in [0.1, 0.15) is 0 Å². The monoisotopic (exact) mass is 465 g/mol. The fraction of sp³-hybridized carbons (Fsp3) is 0.211. The first-order valence-electron chi connectivity index (χ1n) is 8.48. The van der Waals surface area contributed by atoms with Crippen molar-refractivity contribution < 1.29 is 8.42 Å². The van der Waals surface area contributed by atoms with Crippen molar-refractivity contribution in [1.82, 2.24) is 15.0 Å². The van der Waals surface area contributed by atoms with Crippen LogP contribution < -0.4 is 10.0 Å². The van der Waals surface area contributed by atoms with Crippen LogP contribution in [0.3, 0.4) is 0 Å². The maximum absolute atomic E-state index is 12.6. The number of aromatic nitrogens is 1. The zero-order valence-corrected chi connectivity index (χ0v) is 17.8. The van der Waals surface area contributed by atoms with Crippen LogP contribution in [0.1, 0.15) is 0 Å².